The van der Waals surface area contributed by atoms with Crippen LogP contribution in [0.5, 0.6) is 0 Å². The van der Waals surface area contributed by atoms with E-state index in [-0.39, 0.29) is 0 Å². The van der Waals surface area contributed by atoms with Crippen LogP contribution in [0.3, 0.4) is 0 Å². The van der Waals surface area contributed by atoms with Crippen molar-refractivity contribution in [1.82, 2.24) is 5.32 Å². The zero-order chi connectivity index (χ0) is 10.7. The van der Waals surface area contributed by atoms with E-state index >= 15 is 0 Å². The molecule has 0 aliphatic carbocycles. The minimum Gasteiger partial charge on any atom is -0.316 e. The maximum absolute atomic E-state index is 6.13. The molecule has 82 valence electrons. The monoisotopic (exact) mass is 223 g/mol. The average Bonchev–Trinajstić information content (AvgIpc) is 2.29. The van der Waals surface area contributed by atoms with Gasteiger partial charge in [-0.15, -0.1) is 0 Å². The van der Waals surface area contributed by atoms with E-state index in [1.165, 1.54) is 24.0 Å². The van der Waals surface area contributed by atoms with Crippen LogP contribution in [0.1, 0.15) is 36.8 Å². The van der Waals surface area contributed by atoms with Gasteiger partial charge in [-0.05, 0) is 55.0 Å². The van der Waals surface area contributed by atoms with Crippen molar-refractivity contribution in [2.75, 3.05) is 13.1 Å². The summed E-state index contributed by atoms with van der Waals surface area (Å²) >= 11 is 6.13. The lowest BCUT2D eigenvalue weighted by molar-refractivity contribution is 0.461. The molecule has 2 rings (SSSR count). The first-order valence-electron chi connectivity index (χ1n) is 5.79. The molecule has 1 aromatic carbocycles. The number of aryl methyl sites for hydroxylation is 1. The second-order valence-electron chi connectivity index (χ2n) is 4.29. The lowest BCUT2D eigenvalue weighted by Gasteiger charge is -2.23. The molecule has 1 aliphatic heterocycles. The summed E-state index contributed by atoms with van der Waals surface area (Å²) in [7, 11) is 0. The summed E-state index contributed by atoms with van der Waals surface area (Å²) in [5.41, 5.74) is 2.76. The first-order valence-corrected chi connectivity index (χ1v) is 6.17. The molecule has 0 amide bonds. The number of nitrogens with one attached hydrogen (secondary N) is 1. The van der Waals surface area contributed by atoms with Gasteiger partial charge >= 0.3 is 0 Å². The summed E-state index contributed by atoms with van der Waals surface area (Å²) in [4.78, 5) is 0. The van der Waals surface area contributed by atoms with E-state index in [0.29, 0.717) is 5.92 Å². The Balaban J connectivity index is 2.22. The van der Waals surface area contributed by atoms with Gasteiger partial charge in [0.15, 0.2) is 0 Å². The number of hydrogen-bond donors (Lipinski definition) is 1. The highest BCUT2D eigenvalue weighted by Gasteiger charge is 2.15. The molecule has 1 saturated heterocycles. The van der Waals surface area contributed by atoms with Crippen molar-refractivity contribution in [2.24, 2.45) is 0 Å². The molecule has 1 N–H and O–H groups in total. The Hall–Kier alpha value is -0.530. The van der Waals surface area contributed by atoms with Gasteiger partial charge in [0.25, 0.3) is 0 Å². The van der Waals surface area contributed by atoms with Crippen molar-refractivity contribution in [3.8, 4) is 0 Å². The highest BCUT2D eigenvalue weighted by molar-refractivity contribution is 6.30. The standard InChI is InChI=1S/C13H18ClN/c1-2-10-6-12(8-13(14)7-10)11-4-3-5-15-9-11/h6-8,11,15H,2-5,9H2,1H3. The van der Waals surface area contributed by atoms with Crippen LogP contribution in [-0.2, 0) is 6.42 Å². The van der Waals surface area contributed by atoms with Gasteiger partial charge < -0.3 is 5.32 Å². The number of benzene rings is 1. The van der Waals surface area contributed by atoms with Crippen molar-refractivity contribution >= 4 is 11.6 Å². The lowest BCUT2D eigenvalue weighted by atomic mass is 9.90. The van der Waals surface area contributed by atoms with Crippen molar-refractivity contribution in [3.63, 3.8) is 0 Å². The summed E-state index contributed by atoms with van der Waals surface area (Å²) in [5.74, 6) is 0.655. The predicted molar refractivity (Wildman–Crippen MR) is 65.7 cm³/mol. The minimum absolute atomic E-state index is 0.655. The van der Waals surface area contributed by atoms with Gasteiger partial charge in [0, 0.05) is 11.6 Å². The fraction of sp³-hybridized carbons (Fsp3) is 0.538. The molecular formula is C13H18ClN. The fourth-order valence-electron chi connectivity index (χ4n) is 2.25. The van der Waals surface area contributed by atoms with Crippen LogP contribution in [0, 0.1) is 0 Å². The Morgan fingerprint density at radius 1 is 1.40 bits per heavy atom. The average molecular weight is 224 g/mol. The van der Waals surface area contributed by atoms with Gasteiger partial charge in [-0.1, -0.05) is 24.6 Å². The van der Waals surface area contributed by atoms with Crippen LogP contribution in [0.4, 0.5) is 0 Å². The van der Waals surface area contributed by atoms with Crippen molar-refractivity contribution in [1.29, 1.82) is 0 Å². The van der Waals surface area contributed by atoms with Crippen LogP contribution < -0.4 is 5.32 Å². The fourth-order valence-corrected chi connectivity index (χ4v) is 2.52. The molecule has 15 heavy (non-hydrogen) atoms. The molecule has 1 aromatic rings. The summed E-state index contributed by atoms with van der Waals surface area (Å²) < 4.78 is 0. The molecule has 0 spiro atoms. The van der Waals surface area contributed by atoms with Gasteiger partial charge in [-0.25, -0.2) is 0 Å². The quantitative estimate of drug-likeness (QED) is 0.811. The SMILES string of the molecule is CCc1cc(Cl)cc(C2CCCNC2)c1. The van der Waals surface area contributed by atoms with E-state index in [1.807, 2.05) is 0 Å². The van der Waals surface area contributed by atoms with E-state index in [1.54, 1.807) is 0 Å². The number of rotatable bonds is 2. The van der Waals surface area contributed by atoms with Crippen molar-refractivity contribution in [3.05, 3.63) is 34.3 Å². The Morgan fingerprint density at radius 2 is 2.27 bits per heavy atom. The molecule has 1 heterocycles. The van der Waals surface area contributed by atoms with Gasteiger partial charge in [0.05, 0.1) is 0 Å². The maximum atomic E-state index is 6.13. The van der Waals surface area contributed by atoms with Gasteiger partial charge in [0.1, 0.15) is 0 Å². The Labute approximate surface area is 96.8 Å². The van der Waals surface area contributed by atoms with Gasteiger partial charge in [0.2, 0.25) is 0 Å². The van der Waals surface area contributed by atoms with Crippen LogP contribution in [0.15, 0.2) is 18.2 Å². The van der Waals surface area contributed by atoms with Gasteiger partial charge in [-0.2, -0.15) is 0 Å². The van der Waals surface area contributed by atoms with Crippen LogP contribution in [0.25, 0.3) is 0 Å². The topological polar surface area (TPSA) is 12.0 Å². The molecule has 0 aromatic heterocycles. The largest absolute Gasteiger partial charge is 0.316 e. The van der Waals surface area contributed by atoms with E-state index in [4.69, 9.17) is 11.6 Å². The van der Waals surface area contributed by atoms with Crippen LogP contribution in [0.2, 0.25) is 5.02 Å². The van der Waals surface area contributed by atoms with E-state index in [0.717, 1.165) is 24.5 Å². The Bertz CT molecular complexity index is 329. The molecular weight excluding hydrogens is 206 g/mol. The zero-order valence-electron chi connectivity index (χ0n) is 9.22. The second-order valence-corrected chi connectivity index (χ2v) is 4.73. The summed E-state index contributed by atoms with van der Waals surface area (Å²) in [6.07, 6.45) is 3.63. The summed E-state index contributed by atoms with van der Waals surface area (Å²) in [6.45, 7) is 4.44. The molecule has 1 atom stereocenters. The number of halogens is 1. The number of hydrogen-bond acceptors (Lipinski definition) is 1. The second kappa shape index (κ2) is 5.00. The third-order valence-corrected chi connectivity index (χ3v) is 3.37. The third-order valence-electron chi connectivity index (χ3n) is 3.16. The molecule has 0 bridgehead atoms. The first kappa shape index (κ1) is 11.0. The van der Waals surface area contributed by atoms with Gasteiger partial charge in [-0.3, -0.25) is 0 Å². The Morgan fingerprint density at radius 3 is 2.93 bits per heavy atom. The molecule has 0 radical (unpaired) electrons. The smallest absolute Gasteiger partial charge is 0.0411 e. The van der Waals surface area contributed by atoms with Crippen LogP contribution in [-0.4, -0.2) is 13.1 Å². The molecule has 0 saturated carbocycles. The lowest BCUT2D eigenvalue weighted by Crippen LogP contribution is -2.28. The molecule has 1 aliphatic rings. The predicted octanol–water partition coefficient (Wildman–Crippen LogP) is 3.37. The molecule has 2 heteroatoms. The third kappa shape index (κ3) is 2.73. The van der Waals surface area contributed by atoms with Crippen molar-refractivity contribution < 1.29 is 0 Å². The minimum atomic E-state index is 0.655. The van der Waals surface area contributed by atoms with E-state index in [2.05, 4.69) is 30.4 Å². The molecule has 1 unspecified atom stereocenters. The highest BCUT2D eigenvalue weighted by Crippen LogP contribution is 2.27. The normalized spacial score (nSPS) is 21.6. The molecule has 1 fully saturated rings. The molecule has 1 nitrogen and oxygen atoms in total. The van der Waals surface area contributed by atoms with E-state index in [9.17, 15) is 0 Å². The summed E-state index contributed by atoms with van der Waals surface area (Å²) in [5, 5.41) is 4.33. The zero-order valence-corrected chi connectivity index (χ0v) is 9.98. The maximum Gasteiger partial charge on any atom is 0.0411 e. The summed E-state index contributed by atoms with van der Waals surface area (Å²) in [6, 6.07) is 6.50. The highest BCUT2D eigenvalue weighted by atomic mass is 35.5. The van der Waals surface area contributed by atoms with E-state index < -0.39 is 0 Å². The van der Waals surface area contributed by atoms with Crippen molar-refractivity contribution in [2.45, 2.75) is 32.1 Å². The Kier molecular flexibility index (Phi) is 3.66. The number of piperidine rings is 1. The first-order chi connectivity index (χ1) is 7.29. The van der Waals surface area contributed by atoms with Crippen LogP contribution >= 0.6 is 11.6 Å².